The van der Waals surface area contributed by atoms with E-state index in [-0.39, 0.29) is 22.4 Å². The second kappa shape index (κ2) is 6.15. The molecule has 0 bridgehead atoms. The normalized spacial score (nSPS) is 10.4. The van der Waals surface area contributed by atoms with E-state index in [2.05, 4.69) is 10.5 Å². The van der Waals surface area contributed by atoms with Crippen LogP contribution < -0.4 is 11.2 Å². The van der Waals surface area contributed by atoms with E-state index in [0.717, 1.165) is 0 Å². The number of thiocarbonyl (C=S) groups is 1. The summed E-state index contributed by atoms with van der Waals surface area (Å²) in [4.78, 5) is 12.3. The Kier molecular flexibility index (Phi) is 4.49. The Morgan fingerprint density at radius 1 is 1.67 bits per heavy atom. The average molecular weight is 328 g/mol. The molecule has 0 aromatic carbocycles. The third-order valence-corrected chi connectivity index (χ3v) is 3.43. The SMILES string of the molecule is Cc1nn(C)c(C(=O)NN(Cc2ccco2)C(N)=S)c1Cl. The van der Waals surface area contributed by atoms with Gasteiger partial charge in [0.15, 0.2) is 5.11 Å². The predicted octanol–water partition coefficient (Wildman–Crippen LogP) is 1.37. The molecule has 0 aliphatic carbocycles. The molecule has 21 heavy (non-hydrogen) atoms. The summed E-state index contributed by atoms with van der Waals surface area (Å²) in [6, 6.07) is 3.48. The highest BCUT2D eigenvalue weighted by atomic mass is 35.5. The lowest BCUT2D eigenvalue weighted by Gasteiger charge is -2.22. The van der Waals surface area contributed by atoms with Crippen molar-refractivity contribution in [2.45, 2.75) is 13.5 Å². The third kappa shape index (κ3) is 3.34. The van der Waals surface area contributed by atoms with Crippen molar-refractivity contribution in [3.63, 3.8) is 0 Å². The Hall–Kier alpha value is -2.06. The molecule has 2 aromatic rings. The van der Waals surface area contributed by atoms with Crippen molar-refractivity contribution in [2.24, 2.45) is 12.8 Å². The van der Waals surface area contributed by atoms with Gasteiger partial charge in [-0.1, -0.05) is 11.6 Å². The quantitative estimate of drug-likeness (QED) is 0.653. The number of aromatic nitrogens is 2. The number of hydrazine groups is 1. The van der Waals surface area contributed by atoms with E-state index in [1.165, 1.54) is 16.0 Å². The zero-order chi connectivity index (χ0) is 15.6. The average Bonchev–Trinajstić information content (AvgIpc) is 2.98. The van der Waals surface area contributed by atoms with E-state index >= 15 is 0 Å². The van der Waals surface area contributed by atoms with Crippen LogP contribution in [0.5, 0.6) is 0 Å². The van der Waals surface area contributed by atoms with Crippen molar-refractivity contribution in [3.05, 3.63) is 40.6 Å². The van der Waals surface area contributed by atoms with E-state index in [1.807, 2.05) is 0 Å². The van der Waals surface area contributed by atoms with E-state index < -0.39 is 5.91 Å². The third-order valence-electron chi connectivity index (χ3n) is 2.76. The highest BCUT2D eigenvalue weighted by Gasteiger charge is 2.21. The molecule has 3 N–H and O–H groups in total. The van der Waals surface area contributed by atoms with Crippen LogP contribution in [0.15, 0.2) is 22.8 Å². The lowest BCUT2D eigenvalue weighted by molar-refractivity contribution is 0.0851. The maximum atomic E-state index is 12.3. The highest BCUT2D eigenvalue weighted by Crippen LogP contribution is 2.19. The minimum absolute atomic E-state index is 0.00904. The molecule has 0 saturated carbocycles. The second-order valence-electron chi connectivity index (χ2n) is 4.32. The van der Waals surface area contributed by atoms with Gasteiger partial charge in [-0.3, -0.25) is 19.9 Å². The van der Waals surface area contributed by atoms with E-state index in [4.69, 9.17) is 34.0 Å². The number of hydrogen-bond donors (Lipinski definition) is 2. The van der Waals surface area contributed by atoms with Crippen LogP contribution in [0.1, 0.15) is 21.9 Å². The van der Waals surface area contributed by atoms with Gasteiger partial charge in [-0.2, -0.15) is 5.10 Å². The second-order valence-corrected chi connectivity index (χ2v) is 5.11. The molecule has 0 spiro atoms. The minimum Gasteiger partial charge on any atom is -0.467 e. The molecule has 1 amide bonds. The standard InChI is InChI=1S/C12H14ClN5O2S/c1-7-9(13)10(17(2)15-7)11(19)16-18(12(14)21)6-8-4-3-5-20-8/h3-5H,6H2,1-2H3,(H2,14,21)(H,16,19). The van der Waals surface area contributed by atoms with Crippen LogP contribution in [-0.4, -0.2) is 25.8 Å². The molecular weight excluding hydrogens is 314 g/mol. The first-order chi connectivity index (χ1) is 9.90. The molecule has 0 atom stereocenters. The minimum atomic E-state index is -0.456. The lowest BCUT2D eigenvalue weighted by Crippen LogP contribution is -2.48. The van der Waals surface area contributed by atoms with Crippen molar-refractivity contribution < 1.29 is 9.21 Å². The molecule has 2 aromatic heterocycles. The smallest absolute Gasteiger partial charge is 0.289 e. The van der Waals surface area contributed by atoms with Gasteiger partial charge in [0, 0.05) is 7.05 Å². The van der Waals surface area contributed by atoms with E-state index in [9.17, 15) is 4.79 Å². The topological polar surface area (TPSA) is 89.3 Å². The van der Waals surface area contributed by atoms with Gasteiger partial charge < -0.3 is 10.2 Å². The van der Waals surface area contributed by atoms with Crippen LogP contribution >= 0.6 is 23.8 Å². The Balaban J connectivity index is 2.17. The van der Waals surface area contributed by atoms with Gasteiger partial charge in [0.2, 0.25) is 0 Å². The van der Waals surface area contributed by atoms with Crippen LogP contribution in [0.2, 0.25) is 5.02 Å². The molecule has 0 aliphatic heterocycles. The summed E-state index contributed by atoms with van der Waals surface area (Å²) >= 11 is 11.0. The Labute approximate surface area is 131 Å². The number of amides is 1. The first-order valence-corrected chi connectivity index (χ1v) is 6.78. The number of nitrogens with two attached hydrogens (primary N) is 1. The highest BCUT2D eigenvalue weighted by molar-refractivity contribution is 7.80. The molecule has 0 fully saturated rings. The molecule has 112 valence electrons. The van der Waals surface area contributed by atoms with Crippen molar-refractivity contribution >= 4 is 34.8 Å². The molecule has 0 radical (unpaired) electrons. The first-order valence-electron chi connectivity index (χ1n) is 5.99. The number of hydrogen-bond acceptors (Lipinski definition) is 4. The van der Waals surface area contributed by atoms with Gasteiger partial charge in [-0.05, 0) is 31.3 Å². The van der Waals surface area contributed by atoms with Crippen LogP contribution in [0.3, 0.4) is 0 Å². The number of furan rings is 1. The van der Waals surface area contributed by atoms with E-state index in [1.54, 1.807) is 26.1 Å². The summed E-state index contributed by atoms with van der Waals surface area (Å²) in [7, 11) is 1.63. The Morgan fingerprint density at radius 3 is 2.86 bits per heavy atom. The molecule has 9 heteroatoms. The number of rotatable bonds is 3. The van der Waals surface area contributed by atoms with Gasteiger partial charge in [-0.15, -0.1) is 0 Å². The zero-order valence-electron chi connectivity index (χ0n) is 11.5. The van der Waals surface area contributed by atoms with Crippen molar-refractivity contribution in [1.82, 2.24) is 20.2 Å². The molecule has 0 unspecified atom stereocenters. The van der Waals surface area contributed by atoms with Gasteiger partial charge >= 0.3 is 0 Å². The maximum absolute atomic E-state index is 12.3. The molecular formula is C12H14ClN5O2S. The maximum Gasteiger partial charge on any atom is 0.289 e. The number of halogens is 1. The van der Waals surface area contributed by atoms with Gasteiger partial charge in [0.1, 0.15) is 11.5 Å². The largest absolute Gasteiger partial charge is 0.467 e. The van der Waals surface area contributed by atoms with Gasteiger partial charge in [0.25, 0.3) is 5.91 Å². The van der Waals surface area contributed by atoms with Gasteiger partial charge in [0.05, 0.1) is 23.5 Å². The monoisotopic (exact) mass is 327 g/mol. The summed E-state index contributed by atoms with van der Waals surface area (Å²) in [5.41, 5.74) is 8.99. The Bertz CT molecular complexity index is 667. The van der Waals surface area contributed by atoms with Crippen molar-refractivity contribution in [3.8, 4) is 0 Å². The fourth-order valence-electron chi connectivity index (χ4n) is 1.79. The summed E-state index contributed by atoms with van der Waals surface area (Å²) in [6.45, 7) is 1.93. The fraction of sp³-hybridized carbons (Fsp3) is 0.250. The number of carbonyl (C=O) groups excluding carboxylic acids is 1. The van der Waals surface area contributed by atoms with Gasteiger partial charge in [-0.25, -0.2) is 0 Å². The summed E-state index contributed by atoms with van der Waals surface area (Å²) < 4.78 is 6.60. The van der Waals surface area contributed by atoms with Crippen molar-refractivity contribution in [2.75, 3.05) is 0 Å². The van der Waals surface area contributed by atoms with E-state index in [0.29, 0.717) is 11.5 Å². The summed E-state index contributed by atoms with van der Waals surface area (Å²) in [5, 5.41) is 5.68. The number of carbonyl (C=O) groups is 1. The summed E-state index contributed by atoms with van der Waals surface area (Å²) in [6.07, 6.45) is 1.52. The summed E-state index contributed by atoms with van der Waals surface area (Å²) in [5.74, 6) is 0.151. The number of nitrogens with zero attached hydrogens (tertiary/aromatic N) is 3. The number of nitrogens with one attached hydrogen (secondary N) is 1. The van der Waals surface area contributed by atoms with Crippen molar-refractivity contribution in [1.29, 1.82) is 0 Å². The number of aryl methyl sites for hydroxylation is 2. The first kappa shape index (κ1) is 15.3. The fourth-order valence-corrected chi connectivity index (χ4v) is 2.14. The molecule has 0 saturated heterocycles. The zero-order valence-corrected chi connectivity index (χ0v) is 13.0. The van der Waals surface area contributed by atoms with Crippen LogP contribution in [-0.2, 0) is 13.6 Å². The van der Waals surface area contributed by atoms with Crippen LogP contribution in [0.25, 0.3) is 0 Å². The van der Waals surface area contributed by atoms with Crippen LogP contribution in [0.4, 0.5) is 0 Å². The lowest BCUT2D eigenvalue weighted by atomic mass is 10.3. The molecule has 2 rings (SSSR count). The Morgan fingerprint density at radius 2 is 2.38 bits per heavy atom. The molecule has 7 nitrogen and oxygen atoms in total. The predicted molar refractivity (Wildman–Crippen MR) is 81.5 cm³/mol. The molecule has 0 aliphatic rings. The molecule has 2 heterocycles. The van der Waals surface area contributed by atoms with Crippen LogP contribution in [0, 0.1) is 6.92 Å².